The van der Waals surface area contributed by atoms with Crippen molar-refractivity contribution in [3.05, 3.63) is 63.6 Å². The Morgan fingerprint density at radius 3 is 2.37 bits per heavy atom. The van der Waals surface area contributed by atoms with Gasteiger partial charge in [0.1, 0.15) is 11.8 Å². The van der Waals surface area contributed by atoms with Gasteiger partial charge in [-0.1, -0.05) is 68.2 Å². The Labute approximate surface area is 188 Å². The van der Waals surface area contributed by atoms with Crippen LogP contribution in [0.4, 0.5) is 0 Å². The number of likely N-dealkylation sites (N-methyl/N-ethyl adjacent to an activating group) is 1. The van der Waals surface area contributed by atoms with Crippen LogP contribution in [0.3, 0.4) is 0 Å². The summed E-state index contributed by atoms with van der Waals surface area (Å²) >= 11 is 12.1. The van der Waals surface area contributed by atoms with Gasteiger partial charge in [0.2, 0.25) is 5.91 Å². The van der Waals surface area contributed by atoms with Crippen LogP contribution in [0.2, 0.25) is 10.0 Å². The summed E-state index contributed by atoms with van der Waals surface area (Å²) in [6.45, 7) is 7.95. The molecule has 0 bridgehead atoms. The number of nitrogens with one attached hydrogen (secondary N) is 1. The highest BCUT2D eigenvalue weighted by Gasteiger charge is 2.27. The van der Waals surface area contributed by atoms with E-state index in [2.05, 4.69) is 26.1 Å². The van der Waals surface area contributed by atoms with Crippen molar-refractivity contribution in [2.24, 2.45) is 0 Å². The van der Waals surface area contributed by atoms with Crippen LogP contribution in [-0.2, 0) is 21.5 Å². The van der Waals surface area contributed by atoms with E-state index in [9.17, 15) is 9.59 Å². The van der Waals surface area contributed by atoms with E-state index < -0.39 is 6.04 Å². The topological polar surface area (TPSA) is 58.6 Å². The smallest absolute Gasteiger partial charge is 0.261 e. The minimum Gasteiger partial charge on any atom is -0.483 e. The Balaban J connectivity index is 2.23. The first kappa shape index (κ1) is 24.0. The largest absolute Gasteiger partial charge is 0.483 e. The van der Waals surface area contributed by atoms with Crippen molar-refractivity contribution in [3.63, 3.8) is 0 Å². The summed E-state index contributed by atoms with van der Waals surface area (Å²) in [5.74, 6) is 0.0832. The summed E-state index contributed by atoms with van der Waals surface area (Å²) in [6, 6.07) is 12.1. The lowest BCUT2D eigenvalue weighted by Gasteiger charge is -2.29. The summed E-state index contributed by atoms with van der Waals surface area (Å²) in [5, 5.41) is 3.41. The zero-order valence-electron chi connectivity index (χ0n) is 18.0. The van der Waals surface area contributed by atoms with Crippen molar-refractivity contribution in [1.82, 2.24) is 10.2 Å². The summed E-state index contributed by atoms with van der Waals surface area (Å²) in [4.78, 5) is 26.8. The number of amides is 2. The fourth-order valence-corrected chi connectivity index (χ4v) is 3.38. The van der Waals surface area contributed by atoms with Crippen LogP contribution in [0.25, 0.3) is 0 Å². The van der Waals surface area contributed by atoms with Crippen LogP contribution in [0.5, 0.6) is 5.75 Å². The van der Waals surface area contributed by atoms with Crippen molar-refractivity contribution in [3.8, 4) is 5.75 Å². The fraction of sp³-hybridized carbons (Fsp3) is 0.391. The molecule has 0 saturated carbocycles. The average Bonchev–Trinajstić information content (AvgIpc) is 2.71. The standard InChI is InChI=1S/C23H28Cl2N2O3/c1-15(22(29)26-5)27(13-16-10-11-18(24)19(25)12-16)21(28)14-30-20-9-7-6-8-17(20)23(2,3)4/h6-12,15H,13-14H2,1-5H3,(H,26,29). The molecule has 162 valence electrons. The second-order valence-electron chi connectivity index (χ2n) is 8.10. The van der Waals surface area contributed by atoms with Crippen molar-refractivity contribution in [1.29, 1.82) is 0 Å². The van der Waals surface area contributed by atoms with E-state index >= 15 is 0 Å². The molecule has 2 rings (SSSR count). The van der Waals surface area contributed by atoms with Gasteiger partial charge in [-0.05, 0) is 41.7 Å². The number of rotatable bonds is 7. The van der Waals surface area contributed by atoms with E-state index in [0.29, 0.717) is 15.8 Å². The summed E-state index contributed by atoms with van der Waals surface area (Å²) in [5.41, 5.74) is 1.64. The lowest BCUT2D eigenvalue weighted by molar-refractivity contribution is -0.142. The molecule has 2 amide bonds. The first-order chi connectivity index (χ1) is 14.0. The maximum atomic E-state index is 13.1. The quantitative estimate of drug-likeness (QED) is 0.656. The second kappa shape index (κ2) is 10.2. The molecule has 30 heavy (non-hydrogen) atoms. The molecule has 1 N–H and O–H groups in total. The molecule has 0 spiro atoms. The SMILES string of the molecule is CNC(=O)C(C)N(Cc1ccc(Cl)c(Cl)c1)C(=O)COc1ccccc1C(C)(C)C. The van der Waals surface area contributed by atoms with Crippen LogP contribution >= 0.6 is 23.2 Å². The van der Waals surface area contributed by atoms with Gasteiger partial charge < -0.3 is 15.0 Å². The van der Waals surface area contributed by atoms with Crippen molar-refractivity contribution < 1.29 is 14.3 Å². The van der Waals surface area contributed by atoms with Crippen LogP contribution < -0.4 is 10.1 Å². The maximum Gasteiger partial charge on any atom is 0.261 e. The predicted octanol–water partition coefficient (Wildman–Crippen LogP) is 4.83. The first-order valence-corrected chi connectivity index (χ1v) is 10.5. The number of benzene rings is 2. The summed E-state index contributed by atoms with van der Waals surface area (Å²) in [6.07, 6.45) is 0. The minimum atomic E-state index is -0.682. The van der Waals surface area contributed by atoms with E-state index in [-0.39, 0.29) is 30.4 Å². The molecule has 0 heterocycles. The van der Waals surface area contributed by atoms with Gasteiger partial charge in [0.05, 0.1) is 10.0 Å². The molecule has 1 unspecified atom stereocenters. The van der Waals surface area contributed by atoms with Crippen LogP contribution in [0.1, 0.15) is 38.8 Å². The van der Waals surface area contributed by atoms with Gasteiger partial charge in [-0.2, -0.15) is 0 Å². The Morgan fingerprint density at radius 1 is 1.10 bits per heavy atom. The third kappa shape index (κ3) is 6.13. The van der Waals surface area contributed by atoms with Crippen molar-refractivity contribution >= 4 is 35.0 Å². The lowest BCUT2D eigenvalue weighted by atomic mass is 9.86. The molecule has 0 aliphatic carbocycles. The molecule has 0 fully saturated rings. The Morgan fingerprint density at radius 2 is 1.77 bits per heavy atom. The first-order valence-electron chi connectivity index (χ1n) is 9.72. The number of hydrogen-bond acceptors (Lipinski definition) is 3. The van der Waals surface area contributed by atoms with Crippen LogP contribution in [-0.4, -0.2) is 36.4 Å². The lowest BCUT2D eigenvalue weighted by Crippen LogP contribution is -2.48. The number of nitrogens with zero attached hydrogens (tertiary/aromatic N) is 1. The van der Waals surface area contributed by atoms with Gasteiger partial charge in [0.25, 0.3) is 5.91 Å². The second-order valence-corrected chi connectivity index (χ2v) is 8.91. The number of halogens is 2. The molecule has 2 aromatic carbocycles. The number of ether oxygens (including phenoxy) is 1. The maximum absolute atomic E-state index is 13.1. The molecule has 1 atom stereocenters. The van der Waals surface area contributed by atoms with Crippen molar-refractivity contribution in [2.75, 3.05) is 13.7 Å². The third-order valence-electron chi connectivity index (χ3n) is 4.80. The van der Waals surface area contributed by atoms with Gasteiger partial charge >= 0.3 is 0 Å². The molecule has 0 aliphatic rings. The number of para-hydroxylation sites is 1. The molecular weight excluding hydrogens is 423 g/mol. The highest BCUT2D eigenvalue weighted by atomic mass is 35.5. The monoisotopic (exact) mass is 450 g/mol. The van der Waals surface area contributed by atoms with E-state index in [4.69, 9.17) is 27.9 Å². The molecular formula is C23H28Cl2N2O3. The van der Waals surface area contributed by atoms with E-state index in [1.165, 1.54) is 11.9 Å². The number of carbonyl (C=O) groups excluding carboxylic acids is 2. The molecule has 0 aliphatic heterocycles. The highest BCUT2D eigenvalue weighted by molar-refractivity contribution is 6.42. The minimum absolute atomic E-state index is 0.130. The van der Waals surface area contributed by atoms with Crippen LogP contribution in [0.15, 0.2) is 42.5 Å². The van der Waals surface area contributed by atoms with E-state index in [1.54, 1.807) is 25.1 Å². The fourth-order valence-electron chi connectivity index (χ4n) is 3.06. The molecule has 7 heteroatoms. The van der Waals surface area contributed by atoms with Gasteiger partial charge in [-0.15, -0.1) is 0 Å². The van der Waals surface area contributed by atoms with Gasteiger partial charge in [0, 0.05) is 13.6 Å². The third-order valence-corrected chi connectivity index (χ3v) is 5.54. The summed E-state index contributed by atoms with van der Waals surface area (Å²) in [7, 11) is 1.54. The van der Waals surface area contributed by atoms with Gasteiger partial charge in [-0.25, -0.2) is 0 Å². The number of hydrogen-bond donors (Lipinski definition) is 1. The Kier molecular flexibility index (Phi) is 8.16. The van der Waals surface area contributed by atoms with Gasteiger partial charge in [-0.3, -0.25) is 9.59 Å². The Bertz CT molecular complexity index is 910. The normalized spacial score (nSPS) is 12.2. The van der Waals surface area contributed by atoms with Crippen molar-refractivity contribution in [2.45, 2.75) is 45.7 Å². The van der Waals surface area contributed by atoms with Crippen LogP contribution in [0, 0.1) is 0 Å². The zero-order chi connectivity index (χ0) is 22.5. The predicted molar refractivity (Wildman–Crippen MR) is 121 cm³/mol. The molecule has 2 aromatic rings. The molecule has 0 saturated heterocycles. The van der Waals surface area contributed by atoms with E-state index in [1.807, 2.05) is 24.3 Å². The zero-order valence-corrected chi connectivity index (χ0v) is 19.5. The molecule has 0 aromatic heterocycles. The summed E-state index contributed by atoms with van der Waals surface area (Å²) < 4.78 is 5.88. The van der Waals surface area contributed by atoms with Gasteiger partial charge in [0.15, 0.2) is 6.61 Å². The Hall–Kier alpha value is -2.24. The molecule has 0 radical (unpaired) electrons. The number of carbonyl (C=O) groups is 2. The molecule has 5 nitrogen and oxygen atoms in total. The highest BCUT2D eigenvalue weighted by Crippen LogP contribution is 2.31. The van der Waals surface area contributed by atoms with E-state index in [0.717, 1.165) is 11.1 Å². The average molecular weight is 451 g/mol.